The van der Waals surface area contributed by atoms with E-state index >= 15 is 0 Å². The van der Waals surface area contributed by atoms with Gasteiger partial charge in [-0.3, -0.25) is 9.89 Å². The van der Waals surface area contributed by atoms with Crippen molar-refractivity contribution in [2.75, 3.05) is 53.5 Å². The number of aliphatic hydroxyl groups is 1. The summed E-state index contributed by atoms with van der Waals surface area (Å²) in [5.74, 6) is 2.22. The Morgan fingerprint density at radius 3 is 2.66 bits per heavy atom. The summed E-state index contributed by atoms with van der Waals surface area (Å²) in [5, 5.41) is 14.1. The van der Waals surface area contributed by atoms with E-state index in [1.807, 2.05) is 18.2 Å². The molecule has 0 saturated carbocycles. The second kappa shape index (κ2) is 11.8. The molecule has 2 saturated heterocycles. The third kappa shape index (κ3) is 6.11. The standard InChI is InChI=1S/C21H34N4O3.HI/c1-4-22-21(25-12-9-16(15-25)24-10-5-6-11-24)23-14-19(26)18-13-17(27-2)7-8-20(18)28-3;/h7-8,13,16,19,26H,4-6,9-12,14-15H2,1-3H3,(H,22,23);1H. The first-order valence-corrected chi connectivity index (χ1v) is 10.3. The number of hydrogen-bond donors (Lipinski definition) is 2. The molecule has 0 aliphatic carbocycles. The number of nitrogens with zero attached hydrogens (tertiary/aromatic N) is 3. The van der Waals surface area contributed by atoms with Crippen LogP contribution in [0.3, 0.4) is 0 Å². The Balaban J connectivity index is 0.00000300. The minimum Gasteiger partial charge on any atom is -0.497 e. The highest BCUT2D eigenvalue weighted by Crippen LogP contribution is 2.29. The predicted octanol–water partition coefficient (Wildman–Crippen LogP) is 2.49. The zero-order valence-corrected chi connectivity index (χ0v) is 20.1. The van der Waals surface area contributed by atoms with Gasteiger partial charge >= 0.3 is 0 Å². The molecule has 0 aromatic heterocycles. The van der Waals surface area contributed by atoms with Crippen molar-refractivity contribution < 1.29 is 14.6 Å². The molecule has 2 aliphatic heterocycles. The van der Waals surface area contributed by atoms with Gasteiger partial charge in [-0.2, -0.15) is 0 Å². The number of likely N-dealkylation sites (tertiary alicyclic amines) is 2. The van der Waals surface area contributed by atoms with E-state index in [2.05, 4.69) is 22.0 Å². The third-order valence-electron chi connectivity index (χ3n) is 5.66. The van der Waals surface area contributed by atoms with Crippen molar-refractivity contribution >= 4 is 29.9 Å². The highest BCUT2D eigenvalue weighted by atomic mass is 127. The molecule has 2 heterocycles. The maximum absolute atomic E-state index is 10.7. The fraction of sp³-hybridized carbons (Fsp3) is 0.667. The Morgan fingerprint density at radius 2 is 2.00 bits per heavy atom. The van der Waals surface area contributed by atoms with E-state index in [9.17, 15) is 5.11 Å². The van der Waals surface area contributed by atoms with E-state index in [4.69, 9.17) is 14.5 Å². The first-order chi connectivity index (χ1) is 13.7. The summed E-state index contributed by atoms with van der Waals surface area (Å²) >= 11 is 0. The van der Waals surface area contributed by atoms with Crippen molar-refractivity contribution in [2.45, 2.75) is 38.3 Å². The predicted molar refractivity (Wildman–Crippen MR) is 127 cm³/mol. The van der Waals surface area contributed by atoms with Crippen molar-refractivity contribution in [1.82, 2.24) is 15.1 Å². The molecule has 3 rings (SSSR count). The first kappa shape index (κ1) is 24.0. The van der Waals surface area contributed by atoms with Crippen molar-refractivity contribution in [3.8, 4) is 11.5 Å². The number of benzene rings is 1. The number of hydrogen-bond acceptors (Lipinski definition) is 5. The number of nitrogens with one attached hydrogen (secondary N) is 1. The molecule has 2 fully saturated rings. The number of aliphatic imine (C=N–C) groups is 1. The SMILES string of the molecule is CCNC(=NCC(O)c1cc(OC)ccc1OC)N1CCC(N2CCCC2)C1.I. The van der Waals surface area contributed by atoms with Crippen LogP contribution in [0, 0.1) is 0 Å². The van der Waals surface area contributed by atoms with Gasteiger partial charge in [-0.15, -0.1) is 24.0 Å². The molecule has 1 aromatic rings. The summed E-state index contributed by atoms with van der Waals surface area (Å²) in [6.45, 7) is 7.61. The number of halogens is 1. The molecule has 2 unspecified atom stereocenters. The second-order valence-electron chi connectivity index (χ2n) is 7.45. The highest BCUT2D eigenvalue weighted by molar-refractivity contribution is 14.0. The van der Waals surface area contributed by atoms with Gasteiger partial charge in [0.15, 0.2) is 5.96 Å². The molecule has 0 bridgehead atoms. The molecule has 7 nitrogen and oxygen atoms in total. The third-order valence-corrected chi connectivity index (χ3v) is 5.66. The quantitative estimate of drug-likeness (QED) is 0.329. The summed E-state index contributed by atoms with van der Waals surface area (Å²) in [6, 6.07) is 6.07. The Hall–Kier alpha value is -1.26. The fourth-order valence-corrected chi connectivity index (χ4v) is 4.14. The number of guanidine groups is 1. The van der Waals surface area contributed by atoms with E-state index in [-0.39, 0.29) is 30.5 Å². The van der Waals surface area contributed by atoms with Crippen molar-refractivity contribution in [3.63, 3.8) is 0 Å². The normalized spacial score (nSPS) is 21.0. The summed E-state index contributed by atoms with van der Waals surface area (Å²) in [7, 11) is 3.22. The van der Waals surface area contributed by atoms with Crippen LogP contribution in [0.25, 0.3) is 0 Å². The fourth-order valence-electron chi connectivity index (χ4n) is 4.14. The Morgan fingerprint density at radius 1 is 1.24 bits per heavy atom. The molecule has 0 amide bonds. The van der Waals surface area contributed by atoms with Crippen LogP contribution in [-0.2, 0) is 0 Å². The molecule has 29 heavy (non-hydrogen) atoms. The zero-order chi connectivity index (χ0) is 19.9. The van der Waals surface area contributed by atoms with Crippen LogP contribution in [0.2, 0.25) is 0 Å². The van der Waals surface area contributed by atoms with E-state index in [0.29, 0.717) is 23.1 Å². The maximum Gasteiger partial charge on any atom is 0.194 e. The highest BCUT2D eigenvalue weighted by Gasteiger charge is 2.30. The second-order valence-corrected chi connectivity index (χ2v) is 7.45. The van der Waals surface area contributed by atoms with Crippen molar-refractivity contribution in [1.29, 1.82) is 0 Å². The summed E-state index contributed by atoms with van der Waals surface area (Å²) in [5.41, 5.74) is 0.692. The van der Waals surface area contributed by atoms with Gasteiger partial charge < -0.3 is 24.8 Å². The van der Waals surface area contributed by atoms with Crippen LogP contribution in [0.4, 0.5) is 0 Å². The van der Waals surface area contributed by atoms with E-state index in [0.717, 1.165) is 25.6 Å². The maximum atomic E-state index is 10.7. The van der Waals surface area contributed by atoms with Crippen molar-refractivity contribution in [3.05, 3.63) is 23.8 Å². The lowest BCUT2D eigenvalue weighted by Gasteiger charge is -2.25. The Bertz CT molecular complexity index is 667. The van der Waals surface area contributed by atoms with Gasteiger partial charge in [0.05, 0.1) is 20.8 Å². The smallest absolute Gasteiger partial charge is 0.194 e. The van der Waals surface area contributed by atoms with Crippen LogP contribution < -0.4 is 14.8 Å². The molecule has 164 valence electrons. The van der Waals surface area contributed by atoms with Gasteiger partial charge in [-0.1, -0.05) is 0 Å². The number of rotatable bonds is 7. The Kier molecular flexibility index (Phi) is 9.78. The monoisotopic (exact) mass is 518 g/mol. The van der Waals surface area contributed by atoms with Gasteiger partial charge in [-0.25, -0.2) is 0 Å². The van der Waals surface area contributed by atoms with Crippen molar-refractivity contribution in [2.24, 2.45) is 4.99 Å². The molecule has 0 spiro atoms. The van der Waals surface area contributed by atoms with Crippen LogP contribution in [0.15, 0.2) is 23.2 Å². The van der Waals surface area contributed by atoms with E-state index in [1.54, 1.807) is 14.2 Å². The minimum absolute atomic E-state index is 0. The minimum atomic E-state index is -0.754. The lowest BCUT2D eigenvalue weighted by molar-refractivity contribution is 0.181. The first-order valence-electron chi connectivity index (χ1n) is 10.3. The van der Waals surface area contributed by atoms with Gasteiger partial charge in [-0.05, 0) is 57.5 Å². The number of ether oxygens (including phenoxy) is 2. The lowest BCUT2D eigenvalue weighted by atomic mass is 10.1. The molecule has 1 aromatic carbocycles. The summed E-state index contributed by atoms with van der Waals surface area (Å²) in [6.07, 6.45) is 3.06. The van der Waals surface area contributed by atoms with Crippen LogP contribution in [-0.4, -0.2) is 80.4 Å². The molecule has 2 N–H and O–H groups in total. The zero-order valence-electron chi connectivity index (χ0n) is 17.8. The average Bonchev–Trinajstić information content (AvgIpc) is 3.42. The largest absolute Gasteiger partial charge is 0.497 e. The van der Waals surface area contributed by atoms with Gasteiger partial charge in [0.2, 0.25) is 0 Å². The molecular formula is C21H35IN4O3. The van der Waals surface area contributed by atoms with Crippen LogP contribution in [0.5, 0.6) is 11.5 Å². The number of aliphatic hydroxyl groups excluding tert-OH is 1. The Labute approximate surface area is 191 Å². The van der Waals surface area contributed by atoms with Crippen LogP contribution in [0.1, 0.15) is 37.9 Å². The van der Waals surface area contributed by atoms with E-state index < -0.39 is 6.10 Å². The summed E-state index contributed by atoms with van der Waals surface area (Å²) in [4.78, 5) is 9.66. The number of methoxy groups -OCH3 is 2. The lowest BCUT2D eigenvalue weighted by Crippen LogP contribution is -2.43. The summed E-state index contributed by atoms with van der Waals surface area (Å²) < 4.78 is 10.7. The topological polar surface area (TPSA) is 69.6 Å². The van der Waals surface area contributed by atoms with Gasteiger partial charge in [0.1, 0.15) is 17.6 Å². The molecule has 0 radical (unpaired) electrons. The molecule has 8 heteroatoms. The average molecular weight is 518 g/mol. The molecular weight excluding hydrogens is 483 g/mol. The molecule has 2 aliphatic rings. The van der Waals surface area contributed by atoms with E-state index in [1.165, 1.54) is 32.4 Å². The van der Waals surface area contributed by atoms with Gasteiger partial charge in [0.25, 0.3) is 0 Å². The molecule has 2 atom stereocenters. The van der Waals surface area contributed by atoms with Crippen LogP contribution >= 0.6 is 24.0 Å². The van der Waals surface area contributed by atoms with Gasteiger partial charge in [0, 0.05) is 31.2 Å².